The molecule has 0 fully saturated rings. The molecule has 1 N–H and O–H groups in total. The number of ether oxygens (including phenoxy) is 2. The topological polar surface area (TPSA) is 71.1 Å². The highest BCUT2D eigenvalue weighted by atomic mass is 16.6. The standard InChI is InChI=1S/C20H31N3O4/c1-19(2,3)26-17(24)21-15-9-8-14-13-23(18(25)27-20(4,5)6)11-10-22(7)16(14)12-15/h8-9,12H,10-11,13H2,1-7H3,(H,21,24). The van der Waals surface area contributed by atoms with E-state index in [9.17, 15) is 9.59 Å². The summed E-state index contributed by atoms with van der Waals surface area (Å²) in [7, 11) is 1.97. The van der Waals surface area contributed by atoms with Gasteiger partial charge in [0.15, 0.2) is 0 Å². The smallest absolute Gasteiger partial charge is 0.412 e. The number of hydrogen-bond acceptors (Lipinski definition) is 5. The predicted molar refractivity (Wildman–Crippen MR) is 106 cm³/mol. The lowest BCUT2D eigenvalue weighted by Crippen LogP contribution is -2.38. The van der Waals surface area contributed by atoms with Gasteiger partial charge in [0.2, 0.25) is 0 Å². The number of carbonyl (C=O) groups is 2. The number of nitrogens with one attached hydrogen (secondary N) is 1. The molecule has 0 aliphatic carbocycles. The lowest BCUT2D eigenvalue weighted by molar-refractivity contribution is 0.0243. The Morgan fingerprint density at radius 2 is 1.63 bits per heavy atom. The van der Waals surface area contributed by atoms with Crippen LogP contribution in [0.2, 0.25) is 0 Å². The third kappa shape index (κ3) is 6.34. The van der Waals surface area contributed by atoms with Crippen LogP contribution in [-0.4, -0.2) is 48.4 Å². The Bertz CT molecular complexity index is 704. The number of anilines is 2. The van der Waals surface area contributed by atoms with Crippen LogP contribution in [0, 0.1) is 0 Å². The molecule has 1 aliphatic rings. The second-order valence-corrected chi connectivity index (χ2v) is 8.79. The van der Waals surface area contributed by atoms with E-state index in [1.807, 2.05) is 66.8 Å². The van der Waals surface area contributed by atoms with Crippen LogP contribution in [0.3, 0.4) is 0 Å². The van der Waals surface area contributed by atoms with Gasteiger partial charge in [-0.3, -0.25) is 5.32 Å². The van der Waals surface area contributed by atoms with Gasteiger partial charge in [0.05, 0.1) is 6.54 Å². The Hall–Kier alpha value is -2.44. The molecule has 7 nitrogen and oxygen atoms in total. The molecule has 1 aromatic rings. The van der Waals surface area contributed by atoms with Gasteiger partial charge in [0, 0.05) is 31.5 Å². The van der Waals surface area contributed by atoms with Gasteiger partial charge in [0.25, 0.3) is 0 Å². The normalized spacial score (nSPS) is 14.9. The summed E-state index contributed by atoms with van der Waals surface area (Å²) in [5, 5.41) is 2.76. The molecule has 1 aliphatic heterocycles. The molecule has 1 aromatic carbocycles. The van der Waals surface area contributed by atoms with E-state index in [4.69, 9.17) is 9.47 Å². The summed E-state index contributed by atoms with van der Waals surface area (Å²) in [4.78, 5) is 28.2. The molecule has 0 saturated carbocycles. The summed E-state index contributed by atoms with van der Waals surface area (Å²) < 4.78 is 10.8. The maximum atomic E-state index is 12.4. The summed E-state index contributed by atoms with van der Waals surface area (Å²) in [5.74, 6) is 0. The number of carbonyl (C=O) groups excluding carboxylic acids is 2. The van der Waals surface area contributed by atoms with Gasteiger partial charge in [-0.25, -0.2) is 9.59 Å². The summed E-state index contributed by atoms with van der Waals surface area (Å²) in [5.41, 5.74) is 1.53. The number of amides is 2. The van der Waals surface area contributed by atoms with Crippen LogP contribution in [0.4, 0.5) is 21.0 Å². The first-order valence-corrected chi connectivity index (χ1v) is 9.16. The molecule has 0 unspecified atom stereocenters. The Labute approximate surface area is 161 Å². The zero-order valence-corrected chi connectivity index (χ0v) is 17.4. The lowest BCUT2D eigenvalue weighted by atomic mass is 10.1. The molecule has 7 heteroatoms. The Morgan fingerprint density at radius 1 is 1.00 bits per heavy atom. The first-order chi connectivity index (χ1) is 12.3. The van der Waals surface area contributed by atoms with Crippen molar-refractivity contribution in [2.45, 2.75) is 59.3 Å². The summed E-state index contributed by atoms with van der Waals surface area (Å²) in [6.45, 7) is 12.7. The van der Waals surface area contributed by atoms with Crippen LogP contribution >= 0.6 is 0 Å². The minimum atomic E-state index is -0.555. The van der Waals surface area contributed by atoms with Gasteiger partial charge >= 0.3 is 12.2 Å². The Morgan fingerprint density at radius 3 is 2.22 bits per heavy atom. The third-order valence-electron chi connectivity index (χ3n) is 3.86. The van der Waals surface area contributed by atoms with Gasteiger partial charge in [-0.05, 0) is 59.2 Å². The molecule has 0 saturated heterocycles. The number of benzene rings is 1. The molecular weight excluding hydrogens is 346 g/mol. The Balaban J connectivity index is 2.15. The zero-order chi connectivity index (χ0) is 20.4. The van der Waals surface area contributed by atoms with Crippen LogP contribution in [0.5, 0.6) is 0 Å². The van der Waals surface area contributed by atoms with Crippen LogP contribution in [0.25, 0.3) is 0 Å². The Kier molecular flexibility index (Phi) is 5.92. The van der Waals surface area contributed by atoms with Crippen LogP contribution < -0.4 is 10.2 Å². The van der Waals surface area contributed by atoms with E-state index in [-0.39, 0.29) is 6.09 Å². The molecule has 0 radical (unpaired) electrons. The van der Waals surface area contributed by atoms with E-state index in [2.05, 4.69) is 10.2 Å². The molecule has 0 atom stereocenters. The number of rotatable bonds is 1. The molecule has 2 amide bonds. The van der Waals surface area contributed by atoms with Crippen LogP contribution in [0.1, 0.15) is 47.1 Å². The average molecular weight is 377 g/mol. The molecule has 27 heavy (non-hydrogen) atoms. The van der Waals surface area contributed by atoms with Crippen molar-refractivity contribution in [2.24, 2.45) is 0 Å². The summed E-state index contributed by atoms with van der Waals surface area (Å²) >= 11 is 0. The van der Waals surface area contributed by atoms with Gasteiger partial charge < -0.3 is 19.3 Å². The maximum Gasteiger partial charge on any atom is 0.412 e. The van der Waals surface area contributed by atoms with Gasteiger partial charge in [-0.1, -0.05) is 6.07 Å². The number of fused-ring (bicyclic) bond motifs is 1. The largest absolute Gasteiger partial charge is 0.444 e. The van der Waals surface area contributed by atoms with Gasteiger partial charge in [-0.2, -0.15) is 0 Å². The first kappa shape index (κ1) is 20.9. The highest BCUT2D eigenvalue weighted by Gasteiger charge is 2.26. The van der Waals surface area contributed by atoms with Gasteiger partial charge in [0.1, 0.15) is 11.2 Å². The molecule has 2 rings (SSSR count). The van der Waals surface area contributed by atoms with Crippen molar-refractivity contribution in [3.05, 3.63) is 23.8 Å². The number of nitrogens with zero attached hydrogens (tertiary/aromatic N) is 2. The van der Waals surface area contributed by atoms with Crippen molar-refractivity contribution >= 4 is 23.6 Å². The molecule has 1 heterocycles. The monoisotopic (exact) mass is 377 g/mol. The van der Waals surface area contributed by atoms with Crippen LogP contribution in [0.15, 0.2) is 18.2 Å². The van der Waals surface area contributed by atoms with E-state index < -0.39 is 17.3 Å². The molecular formula is C20H31N3O4. The second kappa shape index (κ2) is 7.66. The highest BCUT2D eigenvalue weighted by Crippen LogP contribution is 2.28. The highest BCUT2D eigenvalue weighted by molar-refractivity contribution is 5.86. The quantitative estimate of drug-likeness (QED) is 0.793. The number of likely N-dealkylation sites (N-methyl/N-ethyl adjacent to an activating group) is 1. The summed E-state index contributed by atoms with van der Waals surface area (Å²) in [6, 6.07) is 5.63. The third-order valence-corrected chi connectivity index (χ3v) is 3.86. The van der Waals surface area contributed by atoms with Crippen molar-refractivity contribution < 1.29 is 19.1 Å². The predicted octanol–water partition coefficient (Wildman–Crippen LogP) is 4.22. The van der Waals surface area contributed by atoms with Crippen LogP contribution in [-0.2, 0) is 16.0 Å². The van der Waals surface area contributed by atoms with E-state index in [0.717, 1.165) is 11.3 Å². The van der Waals surface area contributed by atoms with Gasteiger partial charge in [-0.15, -0.1) is 0 Å². The molecule has 0 aromatic heterocycles. The fourth-order valence-electron chi connectivity index (χ4n) is 2.71. The number of hydrogen-bond donors (Lipinski definition) is 1. The van der Waals surface area contributed by atoms with E-state index in [0.29, 0.717) is 25.3 Å². The van der Waals surface area contributed by atoms with Crippen molar-refractivity contribution in [3.63, 3.8) is 0 Å². The maximum absolute atomic E-state index is 12.4. The summed E-state index contributed by atoms with van der Waals surface area (Å²) in [6.07, 6.45) is -0.811. The SMILES string of the molecule is CN1CCN(C(=O)OC(C)(C)C)Cc2ccc(NC(=O)OC(C)(C)C)cc21. The van der Waals surface area contributed by atoms with Crippen molar-refractivity contribution in [1.82, 2.24) is 4.90 Å². The average Bonchev–Trinajstić information content (AvgIpc) is 2.63. The fraction of sp³-hybridized carbons (Fsp3) is 0.600. The van der Waals surface area contributed by atoms with Crippen molar-refractivity contribution in [1.29, 1.82) is 0 Å². The van der Waals surface area contributed by atoms with E-state index >= 15 is 0 Å². The molecule has 0 bridgehead atoms. The van der Waals surface area contributed by atoms with Crippen molar-refractivity contribution in [3.8, 4) is 0 Å². The van der Waals surface area contributed by atoms with E-state index in [1.54, 1.807) is 4.90 Å². The second-order valence-electron chi connectivity index (χ2n) is 8.79. The minimum absolute atomic E-state index is 0.320. The minimum Gasteiger partial charge on any atom is -0.444 e. The first-order valence-electron chi connectivity index (χ1n) is 9.16. The molecule has 150 valence electrons. The molecule has 0 spiro atoms. The fourth-order valence-corrected chi connectivity index (χ4v) is 2.71. The van der Waals surface area contributed by atoms with Crippen molar-refractivity contribution in [2.75, 3.05) is 30.4 Å². The van der Waals surface area contributed by atoms with E-state index in [1.165, 1.54) is 0 Å². The lowest BCUT2D eigenvalue weighted by Gasteiger charge is -2.26. The zero-order valence-electron chi connectivity index (χ0n) is 17.4.